The molecule has 0 aliphatic carbocycles. The Hall–Kier alpha value is -7.08. The Kier molecular flexibility index (Phi) is 7.32. The summed E-state index contributed by atoms with van der Waals surface area (Å²) in [5.41, 5.74) is 11.7. The van der Waals surface area contributed by atoms with Crippen LogP contribution in [0.5, 0.6) is 0 Å². The molecule has 0 aliphatic rings. The number of hydrogen-bond acceptors (Lipinski definition) is 4. The molecule has 0 aliphatic heterocycles. The van der Waals surface area contributed by atoms with Gasteiger partial charge in [-0.3, -0.25) is 0 Å². The summed E-state index contributed by atoms with van der Waals surface area (Å²) >= 11 is 1.80. The average Bonchev–Trinajstić information content (AvgIpc) is 3.83. The van der Waals surface area contributed by atoms with Crippen LogP contribution in [0.4, 0.5) is 17.1 Å². The van der Waals surface area contributed by atoms with Crippen molar-refractivity contribution in [1.82, 2.24) is 5.10 Å². The van der Waals surface area contributed by atoms with E-state index in [1.807, 2.05) is 0 Å². The molecule has 0 N–H and O–H groups in total. The predicted octanol–water partition coefficient (Wildman–Crippen LogP) is 13.6. The molecule has 3 aromatic heterocycles. The molecule has 8 aromatic carbocycles. The Labute approximate surface area is 321 Å². The molecular weight excluding hydrogens is 691 g/mol. The summed E-state index contributed by atoms with van der Waals surface area (Å²) in [5.74, 6) is 0. The molecule has 0 spiro atoms. The smallest absolute Gasteiger partial charge is 0.246 e. The topological polar surface area (TPSA) is 33.2 Å². The Balaban J connectivity index is 1.08. The van der Waals surface area contributed by atoms with Crippen molar-refractivity contribution in [3.63, 3.8) is 0 Å². The van der Waals surface area contributed by atoms with Crippen LogP contribution >= 0.6 is 11.3 Å². The van der Waals surface area contributed by atoms with Gasteiger partial charge in [-0.15, -0.1) is 11.3 Å². The molecule has 258 valence electrons. The summed E-state index contributed by atoms with van der Waals surface area (Å²) in [5, 5.41) is 10.8. The summed E-state index contributed by atoms with van der Waals surface area (Å²) in [4.78, 5) is 2.29. The Morgan fingerprint density at radius 3 is 1.80 bits per heavy atom. The van der Waals surface area contributed by atoms with Gasteiger partial charge >= 0.3 is 0 Å². The lowest BCUT2D eigenvalue weighted by Crippen LogP contribution is -2.35. The quantitative estimate of drug-likeness (QED) is 0.160. The summed E-state index contributed by atoms with van der Waals surface area (Å²) in [6.07, 6.45) is 2.20. The molecule has 0 saturated heterocycles. The summed E-state index contributed by atoms with van der Waals surface area (Å²) in [6.45, 7) is 0. The van der Waals surface area contributed by atoms with Gasteiger partial charge in [-0.2, -0.15) is 0 Å². The highest BCUT2D eigenvalue weighted by molar-refractivity contribution is 7.26. The second-order valence-electron chi connectivity index (χ2n) is 13.8. The summed E-state index contributed by atoms with van der Waals surface area (Å²) in [7, 11) is 0. The van der Waals surface area contributed by atoms with Crippen molar-refractivity contribution in [2.24, 2.45) is 0 Å². The largest absolute Gasteiger partial charge is 0.455 e. The molecule has 55 heavy (non-hydrogen) atoms. The van der Waals surface area contributed by atoms with Gasteiger partial charge in [0.25, 0.3) is 0 Å². The Bertz CT molecular complexity index is 3150. The fourth-order valence-electron chi connectivity index (χ4n) is 7.93. The molecule has 0 amide bonds. The maximum absolute atomic E-state index is 6.67. The third-order valence-corrected chi connectivity index (χ3v) is 11.7. The van der Waals surface area contributed by atoms with Gasteiger partial charge in [0.15, 0.2) is 5.52 Å². The van der Waals surface area contributed by atoms with Crippen LogP contribution in [0.3, 0.4) is 0 Å². The zero-order valence-corrected chi connectivity index (χ0v) is 30.4. The fraction of sp³-hybridized carbons (Fsp3) is 0. The van der Waals surface area contributed by atoms with Crippen molar-refractivity contribution >= 4 is 81.4 Å². The van der Waals surface area contributed by atoms with E-state index in [0.29, 0.717) is 0 Å². The Morgan fingerprint density at radius 1 is 0.473 bits per heavy atom. The standard InChI is InChI=1S/C50H32N3OS/c1-4-14-34(15-5-1)44-32-52(51-48-41-22-12-13-23-47(41)55-50(44)48)45-31-43-42-30-35(26-29-46(42)54-49(43)40-21-11-10-20-39(40)45)33-24-27-38(28-25-33)53(36-16-6-2-7-17-36)37-18-8-3-9-19-37/h1-32H/q+1. The van der Waals surface area contributed by atoms with Crippen molar-refractivity contribution in [3.05, 3.63) is 194 Å². The van der Waals surface area contributed by atoms with Crippen LogP contribution in [-0.2, 0) is 0 Å². The van der Waals surface area contributed by atoms with Crippen molar-refractivity contribution in [3.8, 4) is 27.9 Å². The third kappa shape index (κ3) is 5.28. The molecule has 0 radical (unpaired) electrons. The number of aromatic nitrogens is 2. The number of para-hydroxylation sites is 2. The average molecular weight is 723 g/mol. The lowest BCUT2D eigenvalue weighted by atomic mass is 10.00. The van der Waals surface area contributed by atoms with Crippen molar-refractivity contribution in [1.29, 1.82) is 0 Å². The van der Waals surface area contributed by atoms with Gasteiger partial charge in [0.2, 0.25) is 11.9 Å². The fourth-order valence-corrected chi connectivity index (χ4v) is 9.10. The van der Waals surface area contributed by atoms with Crippen LogP contribution in [0, 0.1) is 0 Å². The van der Waals surface area contributed by atoms with E-state index in [2.05, 4.69) is 204 Å². The molecule has 0 atom stereocenters. The zero-order valence-electron chi connectivity index (χ0n) is 29.6. The highest BCUT2D eigenvalue weighted by Crippen LogP contribution is 2.41. The van der Waals surface area contributed by atoms with Gasteiger partial charge in [-0.05, 0) is 77.4 Å². The maximum atomic E-state index is 6.67. The highest BCUT2D eigenvalue weighted by Gasteiger charge is 2.25. The first kappa shape index (κ1) is 31.4. The lowest BCUT2D eigenvalue weighted by molar-refractivity contribution is -0.655. The molecule has 4 nitrogen and oxygen atoms in total. The van der Waals surface area contributed by atoms with Crippen molar-refractivity contribution in [2.45, 2.75) is 0 Å². The molecule has 11 aromatic rings. The van der Waals surface area contributed by atoms with E-state index >= 15 is 0 Å². The first-order valence-electron chi connectivity index (χ1n) is 18.5. The normalized spacial score (nSPS) is 11.6. The van der Waals surface area contributed by atoms with E-state index < -0.39 is 0 Å². The number of thiophene rings is 1. The molecule has 11 rings (SSSR count). The number of anilines is 3. The highest BCUT2D eigenvalue weighted by atomic mass is 32.1. The third-order valence-electron chi connectivity index (χ3n) is 10.5. The van der Waals surface area contributed by atoms with Crippen LogP contribution in [0.1, 0.15) is 0 Å². The monoisotopic (exact) mass is 722 g/mol. The number of rotatable bonds is 6. The minimum absolute atomic E-state index is 0.860. The van der Waals surface area contributed by atoms with Gasteiger partial charge in [-0.1, -0.05) is 126 Å². The molecular formula is C50H32N3OS+. The second-order valence-corrected chi connectivity index (χ2v) is 14.9. The van der Waals surface area contributed by atoms with Crippen LogP contribution in [0.25, 0.3) is 81.0 Å². The van der Waals surface area contributed by atoms with Gasteiger partial charge < -0.3 is 9.32 Å². The van der Waals surface area contributed by atoms with E-state index in [9.17, 15) is 0 Å². The number of benzene rings is 8. The first-order chi connectivity index (χ1) is 27.3. The number of hydrogen-bond donors (Lipinski definition) is 0. The minimum atomic E-state index is 0.860. The number of furan rings is 1. The lowest BCUT2D eigenvalue weighted by Gasteiger charge is -2.25. The second kappa shape index (κ2) is 12.8. The Morgan fingerprint density at radius 2 is 1.07 bits per heavy atom. The van der Waals surface area contributed by atoms with Gasteiger partial charge in [0.1, 0.15) is 11.2 Å². The van der Waals surface area contributed by atoms with Crippen molar-refractivity contribution < 1.29 is 9.10 Å². The number of nitrogens with zero attached hydrogens (tertiary/aromatic N) is 3. The van der Waals surface area contributed by atoms with E-state index in [0.717, 1.165) is 77.7 Å². The minimum Gasteiger partial charge on any atom is -0.455 e. The molecule has 0 saturated carbocycles. The predicted molar refractivity (Wildman–Crippen MR) is 229 cm³/mol. The molecule has 0 fully saturated rings. The van der Waals surface area contributed by atoms with Crippen LogP contribution in [0.15, 0.2) is 199 Å². The van der Waals surface area contributed by atoms with Crippen molar-refractivity contribution in [2.75, 3.05) is 4.90 Å². The van der Waals surface area contributed by atoms with Gasteiger partial charge in [0, 0.05) is 54.5 Å². The maximum Gasteiger partial charge on any atom is 0.246 e. The molecule has 0 bridgehead atoms. The molecule has 3 heterocycles. The van der Waals surface area contributed by atoms with Gasteiger partial charge in [-0.25, -0.2) is 0 Å². The van der Waals surface area contributed by atoms with Gasteiger partial charge in [0.05, 0.1) is 15.6 Å². The van der Waals surface area contributed by atoms with E-state index in [1.165, 1.54) is 20.3 Å². The summed E-state index contributed by atoms with van der Waals surface area (Å²) in [6, 6.07) is 66.4. The summed E-state index contributed by atoms with van der Waals surface area (Å²) < 4.78 is 11.2. The first-order valence-corrected chi connectivity index (χ1v) is 19.3. The van der Waals surface area contributed by atoms with E-state index in [-0.39, 0.29) is 0 Å². The molecule has 5 heteroatoms. The molecule has 0 unspecified atom stereocenters. The van der Waals surface area contributed by atoms with Crippen LogP contribution in [-0.4, -0.2) is 5.10 Å². The van der Waals surface area contributed by atoms with Crippen LogP contribution < -0.4 is 9.58 Å². The zero-order chi connectivity index (χ0) is 36.3. The SMILES string of the molecule is c1ccc(-c2c[n+](-c3cc4c5cc(-c6ccc(N(c7ccccc7)c7ccccc7)cc6)ccc5oc4c4ccccc34)nc3c2sc2ccccc23)cc1. The van der Waals surface area contributed by atoms with E-state index in [4.69, 9.17) is 9.52 Å². The van der Waals surface area contributed by atoms with Crippen LogP contribution in [0.2, 0.25) is 0 Å². The van der Waals surface area contributed by atoms with E-state index in [1.54, 1.807) is 11.3 Å². The number of fused-ring (bicyclic) bond motifs is 8.